The van der Waals surface area contributed by atoms with Gasteiger partial charge < -0.3 is 10.4 Å². The van der Waals surface area contributed by atoms with E-state index in [0.717, 1.165) is 29.3 Å². The molecule has 2 unspecified atom stereocenters. The highest BCUT2D eigenvalue weighted by Crippen LogP contribution is 2.26. The topological polar surface area (TPSA) is 89.3 Å². The molecule has 2 amide bonds. The van der Waals surface area contributed by atoms with E-state index in [1.54, 1.807) is 13.1 Å². The second kappa shape index (κ2) is 12.0. The van der Waals surface area contributed by atoms with Gasteiger partial charge in [0.05, 0.1) is 32.7 Å². The lowest BCUT2D eigenvalue weighted by molar-refractivity contribution is 0.231. The van der Waals surface area contributed by atoms with Crippen LogP contribution in [0.25, 0.3) is 0 Å². The van der Waals surface area contributed by atoms with Crippen LogP contribution in [0.1, 0.15) is 24.5 Å². The number of aliphatic hydroxyl groups is 1. The molecule has 0 saturated carbocycles. The maximum Gasteiger partial charge on any atom is 0.329 e. The third-order valence-corrected chi connectivity index (χ3v) is 5.06. The number of anilines is 1. The molecule has 2 atom stereocenters. The van der Waals surface area contributed by atoms with Crippen LogP contribution in [0.5, 0.6) is 0 Å². The summed E-state index contributed by atoms with van der Waals surface area (Å²) in [4.78, 5) is 22.5. The highest BCUT2D eigenvalue weighted by Gasteiger charge is 2.25. The van der Waals surface area contributed by atoms with Gasteiger partial charge >= 0.3 is 6.03 Å². The number of amides is 2. The summed E-state index contributed by atoms with van der Waals surface area (Å²) >= 11 is 0. The molecular weight excluding hydrogens is 423 g/mol. The SMILES string of the molecule is CCc1ccc(CO)cc1NC1=NCC(C2=CC=C(F)C(F)C2)N=CNC(=O)N1C.CF. The molecule has 10 heteroatoms. The fourth-order valence-electron chi connectivity index (χ4n) is 3.22. The van der Waals surface area contributed by atoms with Crippen LogP contribution in [0.2, 0.25) is 0 Å². The minimum atomic E-state index is -1.69. The van der Waals surface area contributed by atoms with E-state index in [9.17, 15) is 23.1 Å². The minimum absolute atomic E-state index is 0.106. The van der Waals surface area contributed by atoms with Crippen LogP contribution in [0, 0.1) is 0 Å². The van der Waals surface area contributed by atoms with Crippen molar-refractivity contribution in [1.82, 2.24) is 10.2 Å². The number of alkyl halides is 2. The zero-order valence-electron chi connectivity index (χ0n) is 18.3. The minimum Gasteiger partial charge on any atom is -0.392 e. The van der Waals surface area contributed by atoms with Crippen LogP contribution < -0.4 is 10.6 Å². The van der Waals surface area contributed by atoms with E-state index >= 15 is 0 Å². The normalized spacial score (nSPS) is 21.0. The first-order chi connectivity index (χ1) is 15.4. The second-order valence-electron chi connectivity index (χ2n) is 7.06. The van der Waals surface area contributed by atoms with Gasteiger partial charge in [-0.1, -0.05) is 25.1 Å². The maximum absolute atomic E-state index is 13.8. The molecule has 3 rings (SSSR count). The zero-order chi connectivity index (χ0) is 23.7. The molecule has 174 valence electrons. The van der Waals surface area contributed by atoms with Crippen LogP contribution in [0.4, 0.5) is 23.7 Å². The first-order valence-electron chi connectivity index (χ1n) is 10.1. The molecule has 3 N–H and O–H groups in total. The number of hydrogen-bond donors (Lipinski definition) is 3. The Morgan fingerprint density at radius 1 is 1.31 bits per heavy atom. The van der Waals surface area contributed by atoms with Crippen LogP contribution in [0.3, 0.4) is 0 Å². The number of aliphatic hydroxyl groups excluding tert-OH is 1. The molecule has 2 aliphatic rings. The number of rotatable bonds is 4. The summed E-state index contributed by atoms with van der Waals surface area (Å²) in [7, 11) is 2.06. The Balaban J connectivity index is 0.00000176. The van der Waals surface area contributed by atoms with Crippen molar-refractivity contribution in [3.63, 3.8) is 0 Å². The smallest absolute Gasteiger partial charge is 0.329 e. The number of nitrogens with one attached hydrogen (secondary N) is 2. The number of urea groups is 1. The molecule has 0 bridgehead atoms. The number of hydrogen-bond acceptors (Lipinski definition) is 5. The van der Waals surface area contributed by atoms with E-state index < -0.39 is 24.1 Å². The molecule has 0 aromatic heterocycles. The molecule has 1 aliphatic heterocycles. The molecule has 1 aromatic carbocycles. The Kier molecular flexibility index (Phi) is 9.45. The number of allylic oxidation sites excluding steroid dienone is 3. The number of carbonyl (C=O) groups is 1. The molecule has 7 nitrogen and oxygen atoms in total. The number of carbonyl (C=O) groups excluding carboxylic acids is 1. The van der Waals surface area contributed by atoms with Crippen molar-refractivity contribution in [3.8, 4) is 0 Å². The fourth-order valence-corrected chi connectivity index (χ4v) is 3.22. The molecule has 1 aliphatic carbocycles. The lowest BCUT2D eigenvalue weighted by atomic mass is 9.96. The van der Waals surface area contributed by atoms with Gasteiger partial charge in [-0.05, 0) is 35.3 Å². The van der Waals surface area contributed by atoms with Crippen molar-refractivity contribution in [2.24, 2.45) is 9.98 Å². The number of aryl methyl sites for hydroxylation is 1. The van der Waals surface area contributed by atoms with Crippen LogP contribution in [-0.2, 0) is 13.0 Å². The lowest BCUT2D eigenvalue weighted by Gasteiger charge is -2.22. The van der Waals surface area contributed by atoms with Gasteiger partial charge in [-0.3, -0.25) is 19.6 Å². The number of nitrogens with zero attached hydrogens (tertiary/aromatic N) is 3. The van der Waals surface area contributed by atoms with Crippen molar-refractivity contribution in [2.45, 2.75) is 38.6 Å². The highest BCUT2D eigenvalue weighted by molar-refractivity contribution is 6.06. The van der Waals surface area contributed by atoms with Gasteiger partial charge in [0.15, 0.2) is 6.17 Å². The van der Waals surface area contributed by atoms with Gasteiger partial charge in [-0.25, -0.2) is 18.6 Å². The number of halogens is 3. The standard InChI is InChI=1S/C21H25F2N5O2.CH3F/c1-3-14-5-4-13(11-29)8-18(14)27-20-24-10-19(25-12-26-21(30)28(20)2)15-6-7-16(22)17(23)9-15;1-2/h4-8,12,17,19,29H,3,9-11H2,1-2H3,(H,24,27)(H,25,26,30);1H3. The molecule has 0 spiro atoms. The largest absolute Gasteiger partial charge is 0.392 e. The summed E-state index contributed by atoms with van der Waals surface area (Å²) in [5, 5.41) is 15.2. The monoisotopic (exact) mass is 451 g/mol. The average Bonchev–Trinajstić information content (AvgIpc) is 2.88. The summed E-state index contributed by atoms with van der Waals surface area (Å²) in [5.41, 5.74) is 3.04. The maximum atomic E-state index is 13.8. The Morgan fingerprint density at radius 2 is 2.06 bits per heavy atom. The van der Waals surface area contributed by atoms with E-state index in [2.05, 4.69) is 20.6 Å². The van der Waals surface area contributed by atoms with E-state index in [-0.39, 0.29) is 25.5 Å². The van der Waals surface area contributed by atoms with Gasteiger partial charge in [-0.15, -0.1) is 0 Å². The number of aliphatic imine (C=N–C) groups is 2. The van der Waals surface area contributed by atoms with Crippen LogP contribution in [0.15, 0.2) is 51.7 Å². The molecule has 1 heterocycles. The number of guanidine groups is 1. The molecule has 0 fully saturated rings. The van der Waals surface area contributed by atoms with E-state index in [1.165, 1.54) is 17.3 Å². The Hall–Kier alpha value is -3.14. The van der Waals surface area contributed by atoms with Gasteiger partial charge in [0.1, 0.15) is 5.83 Å². The molecule has 0 saturated heterocycles. The summed E-state index contributed by atoms with van der Waals surface area (Å²) < 4.78 is 36.7. The van der Waals surface area contributed by atoms with E-state index in [1.807, 2.05) is 19.1 Å². The van der Waals surface area contributed by atoms with Gasteiger partial charge in [0.25, 0.3) is 0 Å². The third kappa shape index (κ3) is 6.19. The first-order valence-corrected chi connectivity index (χ1v) is 10.1. The lowest BCUT2D eigenvalue weighted by Crippen LogP contribution is -2.43. The summed E-state index contributed by atoms with van der Waals surface area (Å²) in [5.74, 6) is -0.525. The van der Waals surface area contributed by atoms with Crippen LogP contribution >= 0.6 is 0 Å². The van der Waals surface area contributed by atoms with Gasteiger partial charge in [0, 0.05) is 19.2 Å². The summed E-state index contributed by atoms with van der Waals surface area (Å²) in [6.07, 6.45) is 2.82. The average molecular weight is 451 g/mol. The summed E-state index contributed by atoms with van der Waals surface area (Å²) in [6.45, 7) is 2.04. The molecule has 0 radical (unpaired) electrons. The van der Waals surface area contributed by atoms with Crippen molar-refractivity contribution in [2.75, 3.05) is 26.1 Å². The highest BCUT2D eigenvalue weighted by atomic mass is 19.2. The number of benzene rings is 1. The van der Waals surface area contributed by atoms with Gasteiger partial charge in [-0.2, -0.15) is 0 Å². The van der Waals surface area contributed by atoms with Crippen molar-refractivity contribution in [3.05, 3.63) is 52.9 Å². The van der Waals surface area contributed by atoms with Crippen molar-refractivity contribution in [1.29, 1.82) is 0 Å². The predicted octanol–water partition coefficient (Wildman–Crippen LogP) is 3.67. The van der Waals surface area contributed by atoms with E-state index in [0.29, 0.717) is 12.8 Å². The third-order valence-electron chi connectivity index (χ3n) is 5.06. The van der Waals surface area contributed by atoms with Crippen molar-refractivity contribution >= 4 is 24.0 Å². The quantitative estimate of drug-likeness (QED) is 0.653. The second-order valence-corrected chi connectivity index (χ2v) is 7.06. The fraction of sp³-hybridized carbons (Fsp3) is 0.409. The molecular formula is C22H28F3N5O2. The van der Waals surface area contributed by atoms with E-state index in [4.69, 9.17) is 0 Å². The zero-order valence-corrected chi connectivity index (χ0v) is 18.3. The van der Waals surface area contributed by atoms with Crippen LogP contribution in [-0.4, -0.2) is 61.3 Å². The Labute approximate surface area is 185 Å². The Bertz CT molecular complexity index is 930. The van der Waals surface area contributed by atoms with Crippen molar-refractivity contribution < 1.29 is 23.1 Å². The molecule has 1 aromatic rings. The first kappa shape index (κ1) is 25.1. The Morgan fingerprint density at radius 3 is 2.72 bits per heavy atom. The van der Waals surface area contributed by atoms with Gasteiger partial charge in [0.2, 0.25) is 5.96 Å². The summed E-state index contributed by atoms with van der Waals surface area (Å²) in [6, 6.07) is 4.56. The molecule has 32 heavy (non-hydrogen) atoms. The predicted molar refractivity (Wildman–Crippen MR) is 120 cm³/mol.